The highest BCUT2D eigenvalue weighted by Gasteiger charge is 2.19. The molecule has 0 aromatic heterocycles. The first kappa shape index (κ1) is 15.4. The van der Waals surface area contributed by atoms with Crippen molar-refractivity contribution in [2.45, 2.75) is 33.2 Å². The van der Waals surface area contributed by atoms with Crippen molar-refractivity contribution in [1.29, 1.82) is 0 Å². The maximum Gasteiger partial charge on any atom is 0.324 e. The van der Waals surface area contributed by atoms with Gasteiger partial charge in [0.25, 0.3) is 0 Å². The molecule has 0 bridgehead atoms. The Kier molecular flexibility index (Phi) is 8.21. The van der Waals surface area contributed by atoms with Gasteiger partial charge in [0.2, 0.25) is 0 Å². The zero-order valence-electron chi connectivity index (χ0n) is 11.2. The Hall–Kier alpha value is -0.610. The van der Waals surface area contributed by atoms with E-state index in [9.17, 15) is 4.79 Å². The minimum atomic E-state index is -0.228. The normalized spacial score (nSPS) is 14.9. The third kappa shape index (κ3) is 6.08. The van der Waals surface area contributed by atoms with Crippen molar-refractivity contribution in [3.63, 3.8) is 0 Å². The SMILES string of the molecule is CCOC(=O)C(CN(C)CC(C)CC)NC. The zero-order chi connectivity index (χ0) is 12.6. The fraction of sp³-hybridized carbons (Fsp3) is 0.917. The lowest BCUT2D eigenvalue weighted by Gasteiger charge is -2.24. The number of nitrogens with zero attached hydrogens (tertiary/aromatic N) is 1. The highest BCUT2D eigenvalue weighted by Crippen LogP contribution is 2.03. The molecule has 0 fully saturated rings. The summed E-state index contributed by atoms with van der Waals surface area (Å²) in [5.41, 5.74) is 0. The third-order valence-electron chi connectivity index (χ3n) is 2.73. The molecule has 0 rings (SSSR count). The number of carbonyl (C=O) groups is 1. The molecule has 0 aliphatic heterocycles. The van der Waals surface area contributed by atoms with E-state index in [4.69, 9.17) is 4.74 Å². The zero-order valence-corrected chi connectivity index (χ0v) is 11.2. The van der Waals surface area contributed by atoms with Crippen molar-refractivity contribution in [3.05, 3.63) is 0 Å². The Morgan fingerprint density at radius 3 is 2.44 bits per heavy atom. The van der Waals surface area contributed by atoms with Crippen molar-refractivity contribution in [2.24, 2.45) is 5.92 Å². The quantitative estimate of drug-likeness (QED) is 0.634. The molecule has 0 aliphatic carbocycles. The molecule has 0 heterocycles. The van der Waals surface area contributed by atoms with E-state index < -0.39 is 0 Å². The van der Waals surface area contributed by atoms with Crippen LogP contribution in [0.3, 0.4) is 0 Å². The molecular formula is C12H26N2O2. The number of nitrogens with one attached hydrogen (secondary N) is 1. The summed E-state index contributed by atoms with van der Waals surface area (Å²) in [5.74, 6) is 0.491. The van der Waals surface area contributed by atoms with Gasteiger partial charge in [-0.2, -0.15) is 0 Å². The average molecular weight is 230 g/mol. The summed E-state index contributed by atoms with van der Waals surface area (Å²) in [6, 6.07) is -0.228. The first-order valence-corrected chi connectivity index (χ1v) is 6.07. The highest BCUT2D eigenvalue weighted by atomic mass is 16.5. The van der Waals surface area contributed by atoms with Gasteiger partial charge in [-0.05, 0) is 26.9 Å². The van der Waals surface area contributed by atoms with Crippen LogP contribution in [0.5, 0.6) is 0 Å². The molecule has 0 aromatic rings. The van der Waals surface area contributed by atoms with Crippen LogP contribution < -0.4 is 5.32 Å². The predicted octanol–water partition coefficient (Wildman–Crippen LogP) is 1.12. The van der Waals surface area contributed by atoms with Crippen molar-refractivity contribution < 1.29 is 9.53 Å². The van der Waals surface area contributed by atoms with Gasteiger partial charge in [0, 0.05) is 13.1 Å². The second-order valence-electron chi connectivity index (χ2n) is 4.33. The van der Waals surface area contributed by atoms with Gasteiger partial charge < -0.3 is 15.0 Å². The lowest BCUT2D eigenvalue weighted by atomic mass is 10.1. The van der Waals surface area contributed by atoms with Gasteiger partial charge in [0.15, 0.2) is 0 Å². The monoisotopic (exact) mass is 230 g/mol. The lowest BCUT2D eigenvalue weighted by molar-refractivity contribution is -0.146. The molecule has 16 heavy (non-hydrogen) atoms. The minimum Gasteiger partial charge on any atom is -0.465 e. The van der Waals surface area contributed by atoms with Gasteiger partial charge in [0.1, 0.15) is 6.04 Å². The minimum absolute atomic E-state index is 0.166. The summed E-state index contributed by atoms with van der Waals surface area (Å²) in [5, 5.41) is 2.99. The molecular weight excluding hydrogens is 204 g/mol. The third-order valence-corrected chi connectivity index (χ3v) is 2.73. The van der Waals surface area contributed by atoms with E-state index in [2.05, 4.69) is 24.1 Å². The molecule has 96 valence electrons. The number of rotatable bonds is 8. The van der Waals surface area contributed by atoms with Crippen LogP contribution in [0.25, 0.3) is 0 Å². The summed E-state index contributed by atoms with van der Waals surface area (Å²) >= 11 is 0. The summed E-state index contributed by atoms with van der Waals surface area (Å²) in [6.45, 7) is 8.36. The summed E-state index contributed by atoms with van der Waals surface area (Å²) in [4.78, 5) is 13.7. The average Bonchev–Trinajstić information content (AvgIpc) is 2.25. The van der Waals surface area contributed by atoms with Crippen LogP contribution in [0.2, 0.25) is 0 Å². The topological polar surface area (TPSA) is 41.6 Å². The van der Waals surface area contributed by atoms with Crippen LogP contribution in [0.4, 0.5) is 0 Å². The number of carbonyl (C=O) groups excluding carboxylic acids is 1. The van der Waals surface area contributed by atoms with E-state index in [1.54, 1.807) is 7.05 Å². The van der Waals surface area contributed by atoms with Crippen LogP contribution in [0.1, 0.15) is 27.2 Å². The van der Waals surface area contributed by atoms with Crippen molar-refractivity contribution in [2.75, 3.05) is 33.8 Å². The van der Waals surface area contributed by atoms with Gasteiger partial charge in [0.05, 0.1) is 6.61 Å². The molecule has 0 saturated carbocycles. The second-order valence-corrected chi connectivity index (χ2v) is 4.33. The van der Waals surface area contributed by atoms with Crippen molar-refractivity contribution in [1.82, 2.24) is 10.2 Å². The van der Waals surface area contributed by atoms with Gasteiger partial charge in [-0.3, -0.25) is 4.79 Å². The van der Waals surface area contributed by atoms with Crippen LogP contribution >= 0.6 is 0 Å². The Labute approximate surface area is 99.3 Å². The van der Waals surface area contributed by atoms with Gasteiger partial charge in [-0.25, -0.2) is 0 Å². The Morgan fingerprint density at radius 2 is 2.00 bits per heavy atom. The molecule has 0 radical (unpaired) electrons. The molecule has 0 aliphatic rings. The van der Waals surface area contributed by atoms with Crippen LogP contribution in [-0.4, -0.2) is 50.7 Å². The molecule has 0 saturated heterocycles. The summed E-state index contributed by atoms with van der Waals surface area (Å²) in [6.07, 6.45) is 1.16. The number of hydrogen-bond donors (Lipinski definition) is 1. The van der Waals surface area contributed by atoms with E-state index in [1.165, 1.54) is 0 Å². The Morgan fingerprint density at radius 1 is 1.38 bits per heavy atom. The highest BCUT2D eigenvalue weighted by molar-refractivity contribution is 5.76. The van der Waals surface area contributed by atoms with Crippen molar-refractivity contribution >= 4 is 5.97 Å². The Bertz CT molecular complexity index is 197. The van der Waals surface area contributed by atoms with Gasteiger partial charge in [-0.1, -0.05) is 20.3 Å². The van der Waals surface area contributed by atoms with Crippen LogP contribution in [-0.2, 0) is 9.53 Å². The first-order valence-electron chi connectivity index (χ1n) is 6.07. The fourth-order valence-corrected chi connectivity index (χ4v) is 1.57. The standard InChI is InChI=1S/C12H26N2O2/c1-6-10(3)8-14(5)9-11(13-4)12(15)16-7-2/h10-11,13H,6-9H2,1-5H3. The van der Waals surface area contributed by atoms with Gasteiger partial charge >= 0.3 is 5.97 Å². The van der Waals surface area contributed by atoms with E-state index in [1.807, 2.05) is 14.0 Å². The molecule has 4 nitrogen and oxygen atoms in total. The van der Waals surface area contributed by atoms with E-state index in [0.29, 0.717) is 19.1 Å². The lowest BCUT2D eigenvalue weighted by Crippen LogP contribution is -2.45. The molecule has 2 atom stereocenters. The van der Waals surface area contributed by atoms with Crippen molar-refractivity contribution in [3.8, 4) is 0 Å². The van der Waals surface area contributed by atoms with Crippen LogP contribution in [0, 0.1) is 5.92 Å². The first-order chi connectivity index (χ1) is 7.54. The van der Waals surface area contributed by atoms with Gasteiger partial charge in [-0.15, -0.1) is 0 Å². The number of esters is 1. The maximum atomic E-state index is 11.6. The number of ether oxygens (including phenoxy) is 1. The Balaban J connectivity index is 4.05. The second kappa shape index (κ2) is 8.53. The molecule has 0 spiro atoms. The number of likely N-dealkylation sites (N-methyl/N-ethyl adjacent to an activating group) is 2. The van der Waals surface area contributed by atoms with Crippen LogP contribution in [0.15, 0.2) is 0 Å². The summed E-state index contributed by atoms with van der Waals surface area (Å²) < 4.78 is 5.00. The predicted molar refractivity (Wildman–Crippen MR) is 66.4 cm³/mol. The molecule has 1 N–H and O–H groups in total. The maximum absolute atomic E-state index is 11.6. The molecule has 0 aromatic carbocycles. The fourth-order valence-electron chi connectivity index (χ4n) is 1.57. The smallest absolute Gasteiger partial charge is 0.324 e. The number of hydrogen-bond acceptors (Lipinski definition) is 4. The van der Waals surface area contributed by atoms with E-state index >= 15 is 0 Å². The molecule has 4 heteroatoms. The van der Waals surface area contributed by atoms with E-state index in [-0.39, 0.29) is 12.0 Å². The molecule has 0 amide bonds. The van der Waals surface area contributed by atoms with E-state index in [0.717, 1.165) is 13.0 Å². The largest absolute Gasteiger partial charge is 0.465 e. The summed E-state index contributed by atoms with van der Waals surface area (Å²) in [7, 11) is 3.83. The molecule has 2 unspecified atom stereocenters.